The molecule has 8 atom stereocenters. The van der Waals surface area contributed by atoms with Crippen LogP contribution < -0.4 is 5.32 Å². The second kappa shape index (κ2) is 11.2. The number of nitrogens with one attached hydrogen (secondary N) is 1. The minimum absolute atomic E-state index is 0.0235. The van der Waals surface area contributed by atoms with Crippen LogP contribution in [-0.2, 0) is 14.3 Å². The van der Waals surface area contributed by atoms with Gasteiger partial charge in [0.2, 0.25) is 5.91 Å². The van der Waals surface area contributed by atoms with Gasteiger partial charge in [0.25, 0.3) is 0 Å². The number of ether oxygens (including phenoxy) is 1. The minimum Gasteiger partial charge on any atom is -0.501 e. The molecule has 0 bridgehead atoms. The molecule has 1 amide bonds. The summed E-state index contributed by atoms with van der Waals surface area (Å²) in [6.07, 6.45) is 16.1. The number of rotatable bonds is 7. The van der Waals surface area contributed by atoms with Gasteiger partial charge < -0.3 is 15.0 Å². The van der Waals surface area contributed by atoms with Crippen LogP contribution in [0.2, 0.25) is 0 Å². The van der Waals surface area contributed by atoms with Crippen molar-refractivity contribution in [1.29, 1.82) is 0 Å². The monoisotopic (exact) mass is 620 g/mol. The first-order valence-electron chi connectivity index (χ1n) is 18.5. The molecule has 0 aromatic carbocycles. The van der Waals surface area contributed by atoms with Gasteiger partial charge in [-0.1, -0.05) is 66.7 Å². The van der Waals surface area contributed by atoms with E-state index < -0.39 is 11.3 Å². The number of allylic oxidation sites excluding steroid dienone is 3. The zero-order valence-corrected chi connectivity index (χ0v) is 30.1. The molecular formula is C40H64N2O3. The molecule has 1 N–H and O–H groups in total. The molecule has 0 aromatic rings. The fraction of sp³-hybridized carbons (Fsp3) is 0.850. The van der Waals surface area contributed by atoms with E-state index in [4.69, 9.17) is 4.74 Å². The summed E-state index contributed by atoms with van der Waals surface area (Å²) in [6, 6.07) is 0. The molecule has 5 fully saturated rings. The summed E-state index contributed by atoms with van der Waals surface area (Å²) >= 11 is 0. The smallest absolute Gasteiger partial charge is 0.230 e. The Morgan fingerprint density at radius 3 is 2.36 bits per heavy atom. The Balaban J connectivity index is 1.29. The molecule has 6 rings (SSSR count). The van der Waals surface area contributed by atoms with Gasteiger partial charge in [-0.3, -0.25) is 9.59 Å². The van der Waals surface area contributed by atoms with E-state index in [-0.39, 0.29) is 33.4 Å². The lowest BCUT2D eigenvalue weighted by molar-refractivity contribution is -0.193. The SMILES string of the molecule is C=C(OC)[C@]12CCC(C)(C)CC1C1=CCC3[C@@]4(C)CC(C(=O)NCCCN5CCCC5)C(=O)C(C)(C)C4CC[C@@]3(C)[C@]1(C)CC2. The molecule has 252 valence electrons. The molecule has 45 heavy (non-hydrogen) atoms. The number of ketones is 1. The van der Waals surface area contributed by atoms with Crippen molar-refractivity contribution in [2.75, 3.05) is 33.3 Å². The Morgan fingerprint density at radius 1 is 0.978 bits per heavy atom. The van der Waals surface area contributed by atoms with Gasteiger partial charge in [0.1, 0.15) is 0 Å². The summed E-state index contributed by atoms with van der Waals surface area (Å²) in [5, 5.41) is 3.23. The number of carbonyl (C=O) groups is 2. The molecule has 0 radical (unpaired) electrons. The third-order valence-corrected chi connectivity index (χ3v) is 15.6. The number of nitrogens with zero attached hydrogens (tertiary/aromatic N) is 1. The zero-order valence-electron chi connectivity index (χ0n) is 30.1. The predicted molar refractivity (Wildman–Crippen MR) is 182 cm³/mol. The van der Waals surface area contributed by atoms with Crippen LogP contribution in [0.1, 0.15) is 126 Å². The van der Waals surface area contributed by atoms with Gasteiger partial charge in [0.15, 0.2) is 5.78 Å². The van der Waals surface area contributed by atoms with Crippen molar-refractivity contribution in [3.63, 3.8) is 0 Å². The van der Waals surface area contributed by atoms with Gasteiger partial charge in [-0.2, -0.15) is 0 Å². The number of fused-ring (bicyclic) bond motifs is 7. The van der Waals surface area contributed by atoms with Crippen molar-refractivity contribution < 1.29 is 14.3 Å². The maximum absolute atomic E-state index is 14.1. The molecule has 1 heterocycles. The molecule has 5 nitrogen and oxygen atoms in total. The summed E-state index contributed by atoms with van der Waals surface area (Å²) in [7, 11) is 1.82. The number of methoxy groups -OCH3 is 1. The van der Waals surface area contributed by atoms with E-state index in [2.05, 4.69) is 71.3 Å². The first-order chi connectivity index (χ1) is 21.1. The van der Waals surface area contributed by atoms with Crippen molar-refractivity contribution in [2.45, 2.75) is 126 Å². The largest absolute Gasteiger partial charge is 0.501 e. The van der Waals surface area contributed by atoms with Crippen molar-refractivity contribution in [2.24, 2.45) is 56.2 Å². The highest BCUT2D eigenvalue weighted by Gasteiger charge is 2.70. The third-order valence-electron chi connectivity index (χ3n) is 15.6. The number of hydrogen-bond donors (Lipinski definition) is 1. The van der Waals surface area contributed by atoms with Gasteiger partial charge in [-0.25, -0.2) is 0 Å². The molecule has 6 aliphatic rings. The standard InChI is InChI=1S/C40H64N2O3/c1-27(45-9)40-19-17-35(2,3)26-30(40)29-13-14-32-37(6)25-28(34(44)41-21-12-24-42-22-10-11-23-42)33(43)36(4,5)31(37)15-16-39(32,8)38(29,7)18-20-40/h13,28,30-32H,1,10-12,14-26H2,2-9H3,(H,41,44)/t28?,30?,31?,32?,37-,38+,39+,40+/m0/s1. The molecule has 0 spiro atoms. The Bertz CT molecular complexity index is 1240. The Kier molecular flexibility index (Phi) is 8.31. The second-order valence-electron chi connectivity index (χ2n) is 18.5. The number of hydrogen-bond acceptors (Lipinski definition) is 4. The summed E-state index contributed by atoms with van der Waals surface area (Å²) in [5.41, 5.74) is 1.68. The fourth-order valence-electron chi connectivity index (χ4n) is 12.8. The zero-order chi connectivity index (χ0) is 32.6. The lowest BCUT2D eigenvalue weighted by Crippen LogP contribution is -2.66. The second-order valence-corrected chi connectivity index (χ2v) is 18.5. The fourth-order valence-corrected chi connectivity index (χ4v) is 12.8. The molecule has 1 aliphatic heterocycles. The number of amides is 1. The van der Waals surface area contributed by atoms with Gasteiger partial charge >= 0.3 is 0 Å². The van der Waals surface area contributed by atoms with E-state index >= 15 is 0 Å². The predicted octanol–water partition coefficient (Wildman–Crippen LogP) is 8.35. The van der Waals surface area contributed by atoms with E-state index in [9.17, 15) is 9.59 Å². The van der Waals surface area contributed by atoms with Crippen LogP contribution in [0.25, 0.3) is 0 Å². The maximum Gasteiger partial charge on any atom is 0.230 e. The maximum atomic E-state index is 14.1. The average Bonchev–Trinajstić information content (AvgIpc) is 3.50. The van der Waals surface area contributed by atoms with E-state index in [0.29, 0.717) is 36.1 Å². The quantitative estimate of drug-likeness (QED) is 0.135. The topological polar surface area (TPSA) is 58.6 Å². The van der Waals surface area contributed by atoms with Crippen molar-refractivity contribution in [1.82, 2.24) is 10.2 Å². The molecule has 1 saturated heterocycles. The summed E-state index contributed by atoms with van der Waals surface area (Å²) in [6.45, 7) is 25.5. The van der Waals surface area contributed by atoms with E-state index in [1.807, 2.05) is 7.11 Å². The van der Waals surface area contributed by atoms with Gasteiger partial charge in [0, 0.05) is 17.4 Å². The Hall–Kier alpha value is -1.62. The number of carbonyl (C=O) groups excluding carboxylic acids is 2. The van der Waals surface area contributed by atoms with Crippen molar-refractivity contribution in [3.8, 4) is 0 Å². The average molecular weight is 621 g/mol. The highest BCUT2D eigenvalue weighted by atomic mass is 16.5. The summed E-state index contributed by atoms with van der Waals surface area (Å²) in [4.78, 5) is 30.4. The summed E-state index contributed by atoms with van der Waals surface area (Å²) in [5.74, 6) is 1.83. The van der Waals surface area contributed by atoms with Crippen molar-refractivity contribution in [3.05, 3.63) is 24.0 Å². The van der Waals surface area contributed by atoms with Crippen LogP contribution in [0.3, 0.4) is 0 Å². The van der Waals surface area contributed by atoms with Crippen LogP contribution in [0.15, 0.2) is 24.0 Å². The first kappa shape index (κ1) is 33.3. The molecule has 5 aliphatic carbocycles. The molecule has 5 heteroatoms. The van der Waals surface area contributed by atoms with Crippen LogP contribution in [-0.4, -0.2) is 49.9 Å². The van der Waals surface area contributed by atoms with Gasteiger partial charge in [-0.15, -0.1) is 0 Å². The lowest BCUT2D eigenvalue weighted by Gasteiger charge is -2.71. The highest BCUT2D eigenvalue weighted by Crippen LogP contribution is 2.76. The summed E-state index contributed by atoms with van der Waals surface area (Å²) < 4.78 is 5.98. The Morgan fingerprint density at radius 2 is 1.67 bits per heavy atom. The third kappa shape index (κ3) is 4.93. The van der Waals surface area contributed by atoms with Crippen LogP contribution in [0, 0.1) is 56.2 Å². The first-order valence-corrected chi connectivity index (χ1v) is 18.5. The van der Waals surface area contributed by atoms with Crippen LogP contribution >= 0.6 is 0 Å². The lowest BCUT2D eigenvalue weighted by atomic mass is 9.33. The molecule has 0 aromatic heterocycles. The Labute approximate surface area is 274 Å². The van der Waals surface area contributed by atoms with Crippen LogP contribution in [0.5, 0.6) is 0 Å². The van der Waals surface area contributed by atoms with E-state index in [1.54, 1.807) is 5.57 Å². The van der Waals surface area contributed by atoms with E-state index in [1.165, 1.54) is 38.8 Å². The minimum atomic E-state index is -0.545. The highest BCUT2D eigenvalue weighted by molar-refractivity contribution is 6.04. The number of likely N-dealkylation sites (tertiary alicyclic amines) is 1. The van der Waals surface area contributed by atoms with Gasteiger partial charge in [0.05, 0.1) is 18.8 Å². The van der Waals surface area contributed by atoms with Crippen molar-refractivity contribution >= 4 is 11.7 Å². The molecule has 4 unspecified atom stereocenters. The molecule has 4 saturated carbocycles. The molecular weight excluding hydrogens is 556 g/mol. The number of Topliss-reactive ketones (excluding diaryl/α,β-unsaturated/α-hetero) is 1. The van der Waals surface area contributed by atoms with E-state index in [0.717, 1.165) is 57.2 Å². The van der Waals surface area contributed by atoms with Gasteiger partial charge in [-0.05, 0) is 136 Å². The normalized spacial score (nSPS) is 43.6. The van der Waals surface area contributed by atoms with Crippen LogP contribution in [0.4, 0.5) is 0 Å².